The SMILES string of the molecule is COc1ccc(CN2CCOC(C(C)N)C2)c(O)c1. The van der Waals surface area contributed by atoms with E-state index < -0.39 is 0 Å². The molecule has 1 aliphatic rings. The molecule has 1 saturated heterocycles. The van der Waals surface area contributed by atoms with Crippen LogP contribution in [0.2, 0.25) is 0 Å². The molecule has 19 heavy (non-hydrogen) atoms. The van der Waals surface area contributed by atoms with Gasteiger partial charge in [0, 0.05) is 37.3 Å². The highest BCUT2D eigenvalue weighted by Crippen LogP contribution is 2.25. The number of ether oxygens (including phenoxy) is 2. The van der Waals surface area contributed by atoms with Crippen LogP contribution in [-0.2, 0) is 11.3 Å². The third-order valence-electron chi connectivity index (χ3n) is 3.45. The quantitative estimate of drug-likeness (QED) is 0.849. The average Bonchev–Trinajstić information content (AvgIpc) is 2.41. The fraction of sp³-hybridized carbons (Fsp3) is 0.571. The number of nitrogens with two attached hydrogens (primary N) is 1. The van der Waals surface area contributed by atoms with Gasteiger partial charge in [-0.1, -0.05) is 6.07 Å². The predicted molar refractivity (Wildman–Crippen MR) is 73.3 cm³/mol. The lowest BCUT2D eigenvalue weighted by Crippen LogP contribution is -2.49. The van der Waals surface area contributed by atoms with E-state index in [1.54, 1.807) is 13.2 Å². The molecule has 0 spiro atoms. The lowest BCUT2D eigenvalue weighted by atomic mass is 10.1. The molecule has 5 heteroatoms. The number of methoxy groups -OCH3 is 1. The lowest BCUT2D eigenvalue weighted by Gasteiger charge is -2.34. The Morgan fingerprint density at radius 2 is 2.37 bits per heavy atom. The lowest BCUT2D eigenvalue weighted by molar-refractivity contribution is -0.0405. The topological polar surface area (TPSA) is 68.0 Å². The van der Waals surface area contributed by atoms with E-state index >= 15 is 0 Å². The van der Waals surface area contributed by atoms with Gasteiger partial charge in [-0.2, -0.15) is 0 Å². The van der Waals surface area contributed by atoms with Crippen LogP contribution in [0.3, 0.4) is 0 Å². The van der Waals surface area contributed by atoms with Crippen molar-refractivity contribution in [2.45, 2.75) is 25.6 Å². The molecule has 1 fully saturated rings. The summed E-state index contributed by atoms with van der Waals surface area (Å²) in [5.74, 6) is 0.930. The van der Waals surface area contributed by atoms with Crippen molar-refractivity contribution in [2.75, 3.05) is 26.8 Å². The number of morpholine rings is 1. The van der Waals surface area contributed by atoms with Crippen molar-refractivity contribution in [2.24, 2.45) is 5.73 Å². The van der Waals surface area contributed by atoms with Gasteiger partial charge in [0.15, 0.2) is 0 Å². The van der Waals surface area contributed by atoms with Crippen molar-refractivity contribution in [3.8, 4) is 11.5 Å². The Kier molecular flexibility index (Phi) is 4.63. The number of hydrogen-bond donors (Lipinski definition) is 2. The summed E-state index contributed by atoms with van der Waals surface area (Å²) in [5, 5.41) is 9.97. The Morgan fingerprint density at radius 3 is 3.00 bits per heavy atom. The van der Waals surface area contributed by atoms with Crippen molar-refractivity contribution in [1.29, 1.82) is 0 Å². The van der Waals surface area contributed by atoms with E-state index in [1.165, 1.54) is 0 Å². The van der Waals surface area contributed by atoms with Crippen molar-refractivity contribution >= 4 is 0 Å². The molecule has 0 radical (unpaired) electrons. The van der Waals surface area contributed by atoms with Gasteiger partial charge in [0.25, 0.3) is 0 Å². The van der Waals surface area contributed by atoms with E-state index in [9.17, 15) is 5.11 Å². The summed E-state index contributed by atoms with van der Waals surface area (Å²) in [4.78, 5) is 2.25. The maximum Gasteiger partial charge on any atom is 0.123 e. The Morgan fingerprint density at radius 1 is 1.58 bits per heavy atom. The van der Waals surface area contributed by atoms with Crippen LogP contribution in [0.25, 0.3) is 0 Å². The zero-order chi connectivity index (χ0) is 13.8. The van der Waals surface area contributed by atoms with E-state index in [4.69, 9.17) is 15.2 Å². The second-order valence-corrected chi connectivity index (χ2v) is 5.00. The molecular formula is C14H22N2O3. The van der Waals surface area contributed by atoms with Crippen molar-refractivity contribution in [3.05, 3.63) is 23.8 Å². The van der Waals surface area contributed by atoms with E-state index in [-0.39, 0.29) is 17.9 Å². The van der Waals surface area contributed by atoms with Crippen LogP contribution in [0.4, 0.5) is 0 Å². The number of rotatable bonds is 4. The summed E-state index contributed by atoms with van der Waals surface area (Å²) in [6, 6.07) is 5.41. The fourth-order valence-electron chi connectivity index (χ4n) is 2.24. The summed E-state index contributed by atoms with van der Waals surface area (Å²) in [6.45, 7) is 4.99. The molecule has 106 valence electrons. The second kappa shape index (κ2) is 6.23. The summed E-state index contributed by atoms with van der Waals surface area (Å²) in [6.07, 6.45) is 0.0640. The molecule has 0 amide bonds. The summed E-state index contributed by atoms with van der Waals surface area (Å²) in [5.41, 5.74) is 6.77. The molecule has 2 unspecified atom stereocenters. The second-order valence-electron chi connectivity index (χ2n) is 5.00. The number of phenolic OH excluding ortho intramolecular Hbond substituents is 1. The normalized spacial score (nSPS) is 22.2. The van der Waals surface area contributed by atoms with Gasteiger partial charge in [0.05, 0.1) is 19.8 Å². The molecule has 1 aromatic rings. The van der Waals surface area contributed by atoms with Crippen LogP contribution in [-0.4, -0.2) is 49.0 Å². The van der Waals surface area contributed by atoms with Gasteiger partial charge in [-0.3, -0.25) is 4.90 Å². The van der Waals surface area contributed by atoms with Gasteiger partial charge in [0.1, 0.15) is 11.5 Å². The Balaban J connectivity index is 2.00. The van der Waals surface area contributed by atoms with Gasteiger partial charge < -0.3 is 20.3 Å². The van der Waals surface area contributed by atoms with Crippen LogP contribution >= 0.6 is 0 Å². The average molecular weight is 266 g/mol. The molecule has 2 rings (SSSR count). The molecule has 0 aromatic heterocycles. The molecule has 0 bridgehead atoms. The van der Waals surface area contributed by atoms with Crippen molar-refractivity contribution in [3.63, 3.8) is 0 Å². The molecular weight excluding hydrogens is 244 g/mol. The Bertz CT molecular complexity index is 423. The molecule has 5 nitrogen and oxygen atoms in total. The monoisotopic (exact) mass is 266 g/mol. The number of nitrogens with zero attached hydrogens (tertiary/aromatic N) is 1. The first kappa shape index (κ1) is 14.1. The van der Waals surface area contributed by atoms with E-state index in [0.29, 0.717) is 18.9 Å². The molecule has 0 aliphatic carbocycles. The predicted octanol–water partition coefficient (Wildman–Crippen LogP) is 0.949. The van der Waals surface area contributed by atoms with Crippen LogP contribution in [0.15, 0.2) is 18.2 Å². The fourth-order valence-corrected chi connectivity index (χ4v) is 2.24. The highest BCUT2D eigenvalue weighted by atomic mass is 16.5. The maximum absolute atomic E-state index is 9.97. The minimum absolute atomic E-state index is 0.0206. The minimum Gasteiger partial charge on any atom is -0.507 e. The third-order valence-corrected chi connectivity index (χ3v) is 3.45. The Labute approximate surface area is 113 Å². The highest BCUT2D eigenvalue weighted by Gasteiger charge is 2.23. The van der Waals surface area contributed by atoms with Gasteiger partial charge in [0.2, 0.25) is 0 Å². The standard InChI is InChI=1S/C14H22N2O3/c1-10(15)14-9-16(5-6-19-14)8-11-3-4-12(18-2)7-13(11)17/h3-4,7,10,14,17H,5-6,8-9,15H2,1-2H3. The minimum atomic E-state index is 0.0206. The first-order valence-electron chi connectivity index (χ1n) is 6.55. The van der Waals surface area contributed by atoms with Gasteiger partial charge >= 0.3 is 0 Å². The Hall–Kier alpha value is -1.30. The van der Waals surface area contributed by atoms with Crippen LogP contribution in [0, 0.1) is 0 Å². The number of hydrogen-bond acceptors (Lipinski definition) is 5. The van der Waals surface area contributed by atoms with Crippen LogP contribution < -0.4 is 10.5 Å². The van der Waals surface area contributed by atoms with Crippen LogP contribution in [0.5, 0.6) is 11.5 Å². The highest BCUT2D eigenvalue weighted by molar-refractivity contribution is 5.39. The molecule has 0 saturated carbocycles. The largest absolute Gasteiger partial charge is 0.507 e. The smallest absolute Gasteiger partial charge is 0.123 e. The zero-order valence-corrected chi connectivity index (χ0v) is 11.5. The number of benzene rings is 1. The molecule has 1 aromatic carbocycles. The third kappa shape index (κ3) is 3.59. The van der Waals surface area contributed by atoms with E-state index in [1.807, 2.05) is 19.1 Å². The van der Waals surface area contributed by atoms with Gasteiger partial charge in [-0.05, 0) is 13.0 Å². The number of aromatic hydroxyl groups is 1. The first-order valence-corrected chi connectivity index (χ1v) is 6.55. The summed E-state index contributed by atoms with van der Waals surface area (Å²) in [7, 11) is 1.59. The van der Waals surface area contributed by atoms with Gasteiger partial charge in [-0.15, -0.1) is 0 Å². The maximum atomic E-state index is 9.97. The zero-order valence-electron chi connectivity index (χ0n) is 11.5. The summed E-state index contributed by atoms with van der Waals surface area (Å²) >= 11 is 0. The molecule has 1 heterocycles. The first-order chi connectivity index (χ1) is 9.10. The molecule has 2 atom stereocenters. The molecule has 3 N–H and O–H groups in total. The van der Waals surface area contributed by atoms with Crippen LogP contribution in [0.1, 0.15) is 12.5 Å². The number of phenols is 1. The van der Waals surface area contributed by atoms with Crippen molar-refractivity contribution < 1.29 is 14.6 Å². The van der Waals surface area contributed by atoms with E-state index in [0.717, 1.165) is 18.7 Å². The molecule has 1 aliphatic heterocycles. The summed E-state index contributed by atoms with van der Waals surface area (Å²) < 4.78 is 10.7. The van der Waals surface area contributed by atoms with E-state index in [2.05, 4.69) is 4.90 Å². The van der Waals surface area contributed by atoms with Crippen molar-refractivity contribution in [1.82, 2.24) is 4.90 Å². The van der Waals surface area contributed by atoms with Gasteiger partial charge in [-0.25, -0.2) is 0 Å².